The molecule has 0 spiro atoms. The minimum absolute atomic E-state index is 0.144. The van der Waals surface area contributed by atoms with Crippen LogP contribution in [0.2, 0.25) is 0 Å². The fourth-order valence-electron chi connectivity index (χ4n) is 3.04. The van der Waals surface area contributed by atoms with E-state index in [1.807, 2.05) is 6.92 Å². The molecule has 0 saturated heterocycles. The molecule has 1 unspecified atom stereocenters. The van der Waals surface area contributed by atoms with Crippen LogP contribution in [0.25, 0.3) is 0 Å². The predicted molar refractivity (Wildman–Crippen MR) is 107 cm³/mol. The first-order chi connectivity index (χ1) is 12.3. The van der Waals surface area contributed by atoms with E-state index in [0.29, 0.717) is 32.8 Å². The van der Waals surface area contributed by atoms with Gasteiger partial charge in [0.2, 0.25) is 0 Å². The van der Waals surface area contributed by atoms with E-state index < -0.39 is 10.1 Å². The highest BCUT2D eigenvalue weighted by Crippen LogP contribution is 2.12. The molecule has 26 heavy (non-hydrogen) atoms. The molecule has 0 heterocycles. The Kier molecular flexibility index (Phi) is 15.7. The Morgan fingerprint density at radius 1 is 0.769 bits per heavy atom. The number of quaternary nitrogens is 1. The molecule has 0 bridgehead atoms. The molecule has 158 valence electrons. The van der Waals surface area contributed by atoms with Gasteiger partial charge in [-0.2, -0.15) is 8.42 Å². The average Bonchev–Trinajstić information content (AvgIpc) is 2.57. The first kappa shape index (κ1) is 25.8. The Bertz CT molecular complexity index is 398. The predicted octanol–water partition coefficient (Wildman–Crippen LogP) is 3.51. The van der Waals surface area contributed by atoms with Crippen molar-refractivity contribution in [3.63, 3.8) is 0 Å². The standard InChI is InChI=1S/C19H41NO5S/c1-4-6-7-8-9-10-13-20(3,14-11-12-19-26(21,22)23)15-16-25-18-17-24-5-2/h4-19H2,1-3H3/p+1. The van der Waals surface area contributed by atoms with Crippen LogP contribution in [0.3, 0.4) is 0 Å². The fourth-order valence-corrected chi connectivity index (χ4v) is 3.61. The van der Waals surface area contributed by atoms with Gasteiger partial charge >= 0.3 is 0 Å². The lowest BCUT2D eigenvalue weighted by Gasteiger charge is -2.35. The molecule has 0 aromatic rings. The third kappa shape index (κ3) is 17.2. The minimum atomic E-state index is -3.85. The maximum atomic E-state index is 10.9. The minimum Gasteiger partial charge on any atom is -0.379 e. The molecule has 0 aliphatic heterocycles. The van der Waals surface area contributed by atoms with Crippen molar-refractivity contribution in [3.8, 4) is 0 Å². The maximum Gasteiger partial charge on any atom is 0.264 e. The smallest absolute Gasteiger partial charge is 0.264 e. The second kappa shape index (κ2) is 15.8. The molecule has 0 aromatic carbocycles. The van der Waals surface area contributed by atoms with E-state index in [0.717, 1.165) is 30.5 Å². The van der Waals surface area contributed by atoms with Gasteiger partial charge in [-0.15, -0.1) is 0 Å². The van der Waals surface area contributed by atoms with E-state index in [2.05, 4.69) is 14.0 Å². The van der Waals surface area contributed by atoms with Crippen molar-refractivity contribution in [1.82, 2.24) is 0 Å². The van der Waals surface area contributed by atoms with Gasteiger partial charge in [-0.1, -0.05) is 32.6 Å². The maximum absolute atomic E-state index is 10.9. The Morgan fingerprint density at radius 3 is 1.96 bits per heavy atom. The summed E-state index contributed by atoms with van der Waals surface area (Å²) in [6.07, 6.45) is 8.94. The number of hydrogen-bond donors (Lipinski definition) is 1. The van der Waals surface area contributed by atoms with Gasteiger partial charge in [0, 0.05) is 6.61 Å². The molecule has 0 aliphatic rings. The molecule has 0 fully saturated rings. The van der Waals surface area contributed by atoms with Crippen molar-refractivity contribution in [2.75, 3.05) is 58.9 Å². The van der Waals surface area contributed by atoms with Gasteiger partial charge < -0.3 is 14.0 Å². The van der Waals surface area contributed by atoms with Crippen molar-refractivity contribution < 1.29 is 26.9 Å². The normalized spacial score (nSPS) is 14.5. The molecule has 7 heteroatoms. The first-order valence-electron chi connectivity index (χ1n) is 10.3. The van der Waals surface area contributed by atoms with Crippen LogP contribution in [0, 0.1) is 0 Å². The first-order valence-corrected chi connectivity index (χ1v) is 11.9. The lowest BCUT2D eigenvalue weighted by molar-refractivity contribution is -0.910. The van der Waals surface area contributed by atoms with Gasteiger partial charge in [-0.25, -0.2) is 0 Å². The van der Waals surface area contributed by atoms with Crippen molar-refractivity contribution >= 4 is 10.1 Å². The summed E-state index contributed by atoms with van der Waals surface area (Å²) in [7, 11) is -1.62. The molecule has 0 amide bonds. The van der Waals surface area contributed by atoms with Gasteiger partial charge in [-0.05, 0) is 32.6 Å². The van der Waals surface area contributed by atoms with Crippen LogP contribution < -0.4 is 0 Å². The van der Waals surface area contributed by atoms with Crippen molar-refractivity contribution in [2.45, 2.75) is 65.2 Å². The molecule has 1 N–H and O–H groups in total. The molecular formula is C19H42NO5S+. The SMILES string of the molecule is CCCCCCCC[N+](C)(CCCCS(=O)(=O)O)CCOCCOCC. The average molecular weight is 397 g/mol. The lowest BCUT2D eigenvalue weighted by atomic mass is 10.1. The van der Waals surface area contributed by atoms with E-state index in [1.165, 1.54) is 38.5 Å². The summed E-state index contributed by atoms with van der Waals surface area (Å²) in [5.41, 5.74) is 0. The quantitative estimate of drug-likeness (QED) is 0.205. The van der Waals surface area contributed by atoms with Gasteiger partial charge in [0.25, 0.3) is 10.1 Å². The highest BCUT2D eigenvalue weighted by atomic mass is 32.2. The van der Waals surface area contributed by atoms with Crippen LogP contribution in [-0.2, 0) is 19.6 Å². The monoisotopic (exact) mass is 396 g/mol. The van der Waals surface area contributed by atoms with Gasteiger partial charge in [-0.3, -0.25) is 4.55 Å². The summed E-state index contributed by atoms with van der Waals surface area (Å²) in [4.78, 5) is 0. The Hall–Kier alpha value is -0.210. The van der Waals surface area contributed by atoms with E-state index in [1.54, 1.807) is 0 Å². The van der Waals surface area contributed by atoms with Crippen LogP contribution in [0.1, 0.15) is 65.2 Å². The molecule has 0 saturated carbocycles. The van der Waals surface area contributed by atoms with Crippen molar-refractivity contribution in [3.05, 3.63) is 0 Å². The zero-order chi connectivity index (χ0) is 19.7. The second-order valence-electron chi connectivity index (χ2n) is 7.36. The third-order valence-electron chi connectivity index (χ3n) is 4.75. The van der Waals surface area contributed by atoms with Crippen LogP contribution >= 0.6 is 0 Å². The zero-order valence-electron chi connectivity index (χ0n) is 17.2. The highest BCUT2D eigenvalue weighted by Gasteiger charge is 2.21. The molecule has 1 atom stereocenters. The molecule has 0 radical (unpaired) electrons. The molecule has 6 nitrogen and oxygen atoms in total. The fraction of sp³-hybridized carbons (Fsp3) is 1.00. The summed E-state index contributed by atoms with van der Waals surface area (Å²) >= 11 is 0. The highest BCUT2D eigenvalue weighted by molar-refractivity contribution is 7.85. The lowest BCUT2D eigenvalue weighted by Crippen LogP contribution is -2.48. The summed E-state index contributed by atoms with van der Waals surface area (Å²) in [6, 6.07) is 0. The summed E-state index contributed by atoms with van der Waals surface area (Å²) in [5, 5.41) is 0. The number of likely N-dealkylation sites (N-methyl/N-ethyl adjacent to an activating group) is 1. The van der Waals surface area contributed by atoms with E-state index in [-0.39, 0.29) is 5.75 Å². The Balaban J connectivity index is 4.18. The van der Waals surface area contributed by atoms with Gasteiger partial charge in [0.1, 0.15) is 6.54 Å². The molecule has 0 aromatic heterocycles. The Morgan fingerprint density at radius 2 is 1.35 bits per heavy atom. The largest absolute Gasteiger partial charge is 0.379 e. The summed E-state index contributed by atoms with van der Waals surface area (Å²) in [6.45, 7) is 9.78. The number of rotatable bonds is 19. The molecule has 0 aliphatic carbocycles. The van der Waals surface area contributed by atoms with E-state index >= 15 is 0 Å². The second-order valence-corrected chi connectivity index (χ2v) is 8.93. The van der Waals surface area contributed by atoms with Crippen molar-refractivity contribution in [1.29, 1.82) is 0 Å². The topological polar surface area (TPSA) is 72.8 Å². The molecular weight excluding hydrogens is 354 g/mol. The molecule has 0 rings (SSSR count). The third-order valence-corrected chi connectivity index (χ3v) is 5.56. The van der Waals surface area contributed by atoms with Gasteiger partial charge in [0.15, 0.2) is 0 Å². The summed E-state index contributed by atoms with van der Waals surface area (Å²) in [5.74, 6) is -0.144. The number of ether oxygens (including phenoxy) is 2. The van der Waals surface area contributed by atoms with Crippen molar-refractivity contribution in [2.24, 2.45) is 0 Å². The Labute approximate surface area is 161 Å². The number of nitrogens with zero attached hydrogens (tertiary/aromatic N) is 1. The van der Waals surface area contributed by atoms with E-state index in [9.17, 15) is 8.42 Å². The van der Waals surface area contributed by atoms with Gasteiger partial charge in [0.05, 0.1) is 45.7 Å². The van der Waals surface area contributed by atoms with Crippen LogP contribution in [0.4, 0.5) is 0 Å². The summed E-state index contributed by atoms with van der Waals surface area (Å²) < 4.78 is 42.5. The van der Waals surface area contributed by atoms with E-state index in [4.69, 9.17) is 14.0 Å². The van der Waals surface area contributed by atoms with Crippen LogP contribution in [0.5, 0.6) is 0 Å². The number of unbranched alkanes of at least 4 members (excludes halogenated alkanes) is 6. The van der Waals surface area contributed by atoms with Crippen LogP contribution in [-0.4, -0.2) is 76.3 Å². The van der Waals surface area contributed by atoms with Crippen LogP contribution in [0.15, 0.2) is 0 Å². The zero-order valence-corrected chi connectivity index (χ0v) is 18.1. The number of hydrogen-bond acceptors (Lipinski definition) is 4.